The molecule has 1 amide bonds. The molecule has 28 heavy (non-hydrogen) atoms. The predicted octanol–water partition coefficient (Wildman–Crippen LogP) is 0.277. The van der Waals surface area contributed by atoms with Crippen LogP contribution < -0.4 is 19.9 Å². The van der Waals surface area contributed by atoms with Gasteiger partial charge >= 0.3 is 0 Å². The molecule has 150 valence electrons. The molecule has 0 bridgehead atoms. The summed E-state index contributed by atoms with van der Waals surface area (Å²) in [7, 11) is 1.70. The number of hydrogen-bond acceptors (Lipinski definition) is 2. The number of carbonyl (C=O) groups excluding carboxylic acids is 1. The van der Waals surface area contributed by atoms with Gasteiger partial charge in [0, 0.05) is 12.1 Å². The van der Waals surface area contributed by atoms with Gasteiger partial charge in [-0.2, -0.15) is 0 Å². The Labute approximate surface area is 168 Å². The Kier molecular flexibility index (Phi) is 7.06. The van der Waals surface area contributed by atoms with Crippen molar-refractivity contribution < 1.29 is 19.3 Å². The zero-order chi connectivity index (χ0) is 19.9. The standard InChI is InChI=1S/C23H31N3O2/c1-18-5-4-6-19(2)23(18)24-22(27)17-26-15-13-25(14-16-26)12-11-20-7-9-21(28-3)10-8-20/h4-10H,11-17H2,1-3H3,(H,24,27)/p+2. The molecule has 1 aliphatic rings. The minimum atomic E-state index is 0.120. The first kappa shape index (κ1) is 20.4. The highest BCUT2D eigenvalue weighted by atomic mass is 16.5. The van der Waals surface area contributed by atoms with E-state index in [1.54, 1.807) is 12.0 Å². The van der Waals surface area contributed by atoms with E-state index < -0.39 is 0 Å². The van der Waals surface area contributed by atoms with Crippen molar-refractivity contribution in [1.82, 2.24) is 0 Å². The molecule has 0 radical (unpaired) electrons. The highest BCUT2D eigenvalue weighted by Gasteiger charge is 2.24. The number of anilines is 1. The maximum Gasteiger partial charge on any atom is 0.279 e. The van der Waals surface area contributed by atoms with Crippen molar-refractivity contribution in [2.24, 2.45) is 0 Å². The van der Waals surface area contributed by atoms with Gasteiger partial charge in [0.25, 0.3) is 5.91 Å². The van der Waals surface area contributed by atoms with Crippen LogP contribution in [0.15, 0.2) is 42.5 Å². The summed E-state index contributed by atoms with van der Waals surface area (Å²) >= 11 is 0. The Morgan fingerprint density at radius 1 is 0.964 bits per heavy atom. The van der Waals surface area contributed by atoms with Gasteiger partial charge in [0.1, 0.15) is 31.9 Å². The Bertz CT molecular complexity index is 761. The second-order valence-electron chi connectivity index (χ2n) is 7.84. The quantitative estimate of drug-likeness (QED) is 0.643. The molecule has 2 aromatic rings. The van der Waals surface area contributed by atoms with E-state index in [0.29, 0.717) is 6.54 Å². The number of ether oxygens (including phenoxy) is 1. The van der Waals surface area contributed by atoms with Gasteiger partial charge in [-0.1, -0.05) is 30.3 Å². The topological polar surface area (TPSA) is 47.2 Å². The third-order valence-corrected chi connectivity index (χ3v) is 5.75. The molecule has 0 saturated carbocycles. The van der Waals surface area contributed by atoms with Crippen molar-refractivity contribution in [2.75, 3.05) is 51.7 Å². The molecule has 0 aromatic heterocycles. The average Bonchev–Trinajstić information content (AvgIpc) is 2.71. The third kappa shape index (κ3) is 5.57. The second-order valence-corrected chi connectivity index (χ2v) is 7.84. The van der Waals surface area contributed by atoms with E-state index in [2.05, 4.69) is 17.4 Å². The van der Waals surface area contributed by atoms with Crippen LogP contribution in [0.25, 0.3) is 0 Å². The van der Waals surface area contributed by atoms with Crippen LogP contribution in [0.1, 0.15) is 16.7 Å². The zero-order valence-corrected chi connectivity index (χ0v) is 17.3. The Morgan fingerprint density at radius 3 is 2.18 bits per heavy atom. The van der Waals surface area contributed by atoms with Crippen molar-refractivity contribution in [1.29, 1.82) is 0 Å². The Balaban J connectivity index is 1.40. The first-order valence-electron chi connectivity index (χ1n) is 10.2. The first-order valence-corrected chi connectivity index (χ1v) is 10.2. The van der Waals surface area contributed by atoms with Crippen molar-refractivity contribution in [3.8, 4) is 5.75 Å². The van der Waals surface area contributed by atoms with Crippen LogP contribution in [0.3, 0.4) is 0 Å². The third-order valence-electron chi connectivity index (χ3n) is 5.75. The highest BCUT2D eigenvalue weighted by Crippen LogP contribution is 2.18. The Hall–Kier alpha value is -2.37. The van der Waals surface area contributed by atoms with Gasteiger partial charge in [0.15, 0.2) is 6.54 Å². The van der Waals surface area contributed by atoms with Crippen LogP contribution in [0, 0.1) is 13.8 Å². The molecule has 5 heteroatoms. The molecule has 3 rings (SSSR count). The summed E-state index contributed by atoms with van der Waals surface area (Å²) in [6.45, 7) is 10.1. The van der Waals surface area contributed by atoms with Gasteiger partial charge in [-0.3, -0.25) is 4.79 Å². The number of amides is 1. The monoisotopic (exact) mass is 383 g/mol. The summed E-state index contributed by atoms with van der Waals surface area (Å²) < 4.78 is 5.22. The van der Waals surface area contributed by atoms with Gasteiger partial charge in [-0.25, -0.2) is 0 Å². The number of carbonyl (C=O) groups is 1. The number of piperazine rings is 1. The number of hydrogen-bond donors (Lipinski definition) is 3. The normalized spacial score (nSPS) is 19.2. The van der Waals surface area contributed by atoms with Gasteiger partial charge in [-0.05, 0) is 42.7 Å². The van der Waals surface area contributed by atoms with E-state index >= 15 is 0 Å². The molecule has 0 aliphatic carbocycles. The summed E-state index contributed by atoms with van der Waals surface area (Å²) in [6.07, 6.45) is 1.09. The maximum atomic E-state index is 12.5. The number of quaternary nitrogens is 2. The SMILES string of the molecule is COc1ccc(CC[NH+]2CC[NH+](CC(=O)Nc3c(C)cccc3C)CC2)cc1. The number of methoxy groups -OCH3 is 1. The molecule has 2 aromatic carbocycles. The lowest BCUT2D eigenvalue weighted by Gasteiger charge is -2.29. The fraction of sp³-hybridized carbons (Fsp3) is 0.435. The molecular formula is C23H33N3O2+2. The van der Waals surface area contributed by atoms with Gasteiger partial charge in [0.05, 0.1) is 13.7 Å². The fourth-order valence-electron chi connectivity index (χ4n) is 3.92. The molecular weight excluding hydrogens is 350 g/mol. The van der Waals surface area contributed by atoms with Crippen molar-refractivity contribution in [3.05, 3.63) is 59.2 Å². The lowest BCUT2D eigenvalue weighted by Crippen LogP contribution is -3.28. The van der Waals surface area contributed by atoms with Crippen molar-refractivity contribution >= 4 is 11.6 Å². The molecule has 1 heterocycles. The summed E-state index contributed by atoms with van der Waals surface area (Å²) in [6, 6.07) is 14.5. The lowest BCUT2D eigenvalue weighted by molar-refractivity contribution is -1.01. The minimum Gasteiger partial charge on any atom is -0.497 e. The predicted molar refractivity (Wildman–Crippen MR) is 112 cm³/mol. The smallest absolute Gasteiger partial charge is 0.279 e. The van der Waals surface area contributed by atoms with Crippen LogP contribution in [0.4, 0.5) is 5.69 Å². The largest absolute Gasteiger partial charge is 0.497 e. The highest BCUT2D eigenvalue weighted by molar-refractivity contribution is 5.93. The van der Waals surface area contributed by atoms with E-state index in [4.69, 9.17) is 4.74 Å². The number of aryl methyl sites for hydroxylation is 2. The summed E-state index contributed by atoms with van der Waals surface area (Å²) in [5.74, 6) is 1.03. The minimum absolute atomic E-state index is 0.120. The molecule has 1 saturated heterocycles. The van der Waals surface area contributed by atoms with E-state index in [9.17, 15) is 4.79 Å². The molecule has 0 atom stereocenters. The maximum absolute atomic E-state index is 12.5. The first-order chi connectivity index (χ1) is 13.5. The molecule has 1 fully saturated rings. The number of benzene rings is 2. The molecule has 5 nitrogen and oxygen atoms in total. The fourth-order valence-corrected chi connectivity index (χ4v) is 3.92. The number of para-hydroxylation sites is 1. The second kappa shape index (κ2) is 9.71. The lowest BCUT2D eigenvalue weighted by atomic mass is 10.1. The van der Waals surface area contributed by atoms with Crippen LogP contribution in [0.2, 0.25) is 0 Å². The zero-order valence-electron chi connectivity index (χ0n) is 17.3. The van der Waals surface area contributed by atoms with E-state index in [-0.39, 0.29) is 5.91 Å². The average molecular weight is 384 g/mol. The molecule has 0 unspecified atom stereocenters. The van der Waals surface area contributed by atoms with Crippen LogP contribution >= 0.6 is 0 Å². The van der Waals surface area contributed by atoms with Gasteiger partial charge < -0.3 is 19.9 Å². The van der Waals surface area contributed by atoms with Crippen LogP contribution in [-0.2, 0) is 11.2 Å². The van der Waals surface area contributed by atoms with E-state index in [1.165, 1.54) is 10.5 Å². The molecule has 0 spiro atoms. The molecule has 1 aliphatic heterocycles. The van der Waals surface area contributed by atoms with Gasteiger partial charge in [0.2, 0.25) is 0 Å². The number of nitrogens with one attached hydrogen (secondary N) is 3. The summed E-state index contributed by atoms with van der Waals surface area (Å²) in [4.78, 5) is 15.5. The van der Waals surface area contributed by atoms with E-state index in [0.717, 1.165) is 61.7 Å². The van der Waals surface area contributed by atoms with Crippen molar-refractivity contribution in [3.63, 3.8) is 0 Å². The number of rotatable bonds is 7. The summed E-state index contributed by atoms with van der Waals surface area (Å²) in [5.41, 5.74) is 4.57. The van der Waals surface area contributed by atoms with Gasteiger partial charge in [-0.15, -0.1) is 0 Å². The summed E-state index contributed by atoms with van der Waals surface area (Å²) in [5, 5.41) is 3.12. The van der Waals surface area contributed by atoms with Crippen LogP contribution in [0.5, 0.6) is 5.75 Å². The Morgan fingerprint density at radius 2 is 1.57 bits per heavy atom. The van der Waals surface area contributed by atoms with Crippen molar-refractivity contribution in [2.45, 2.75) is 20.3 Å². The van der Waals surface area contributed by atoms with E-state index in [1.807, 2.05) is 44.2 Å². The van der Waals surface area contributed by atoms with Crippen LogP contribution in [-0.4, -0.2) is 52.3 Å². The molecule has 3 N–H and O–H groups in total.